The predicted molar refractivity (Wildman–Crippen MR) is 77.5 cm³/mol. The van der Waals surface area contributed by atoms with Gasteiger partial charge in [-0.1, -0.05) is 32.3 Å². The Bertz CT molecular complexity index is 406. The Morgan fingerprint density at radius 1 is 1.37 bits per heavy atom. The van der Waals surface area contributed by atoms with Gasteiger partial charge in [-0.05, 0) is 24.8 Å². The van der Waals surface area contributed by atoms with Gasteiger partial charge in [0.1, 0.15) is 11.5 Å². The summed E-state index contributed by atoms with van der Waals surface area (Å²) in [4.78, 5) is 0. The van der Waals surface area contributed by atoms with Gasteiger partial charge in [0, 0.05) is 24.2 Å². The van der Waals surface area contributed by atoms with Gasteiger partial charge in [0.2, 0.25) is 0 Å². The highest BCUT2D eigenvalue weighted by Gasteiger charge is 2.20. The van der Waals surface area contributed by atoms with Gasteiger partial charge in [0.05, 0.1) is 7.11 Å². The topological polar surface area (TPSA) is 41.5 Å². The third-order valence-electron chi connectivity index (χ3n) is 4.23. The summed E-state index contributed by atoms with van der Waals surface area (Å²) in [5.41, 5.74) is 0.944. The Labute approximate surface area is 116 Å². The number of ether oxygens (including phenoxy) is 1. The van der Waals surface area contributed by atoms with Crippen LogP contribution in [0, 0.1) is 5.92 Å². The minimum absolute atomic E-state index is 0.315. The van der Waals surface area contributed by atoms with Crippen molar-refractivity contribution in [2.45, 2.75) is 51.6 Å². The molecule has 19 heavy (non-hydrogen) atoms. The molecule has 0 saturated heterocycles. The molecule has 0 spiro atoms. The fourth-order valence-electron chi connectivity index (χ4n) is 2.92. The lowest BCUT2D eigenvalue weighted by atomic mass is 9.84. The van der Waals surface area contributed by atoms with Crippen molar-refractivity contribution < 1.29 is 9.84 Å². The SMILES string of the molecule is CCC1CCCC(NCc2ccc(OC)cc2O)C1. The Morgan fingerprint density at radius 2 is 2.21 bits per heavy atom. The normalized spacial score (nSPS) is 23.3. The molecule has 1 aromatic carbocycles. The van der Waals surface area contributed by atoms with Gasteiger partial charge in [-0.25, -0.2) is 0 Å². The summed E-state index contributed by atoms with van der Waals surface area (Å²) in [6, 6.07) is 6.10. The van der Waals surface area contributed by atoms with E-state index >= 15 is 0 Å². The molecule has 1 aliphatic rings. The largest absolute Gasteiger partial charge is 0.507 e. The van der Waals surface area contributed by atoms with E-state index in [9.17, 15) is 5.11 Å². The third kappa shape index (κ3) is 3.87. The van der Waals surface area contributed by atoms with Crippen LogP contribution in [-0.2, 0) is 6.54 Å². The van der Waals surface area contributed by atoms with E-state index in [0.29, 0.717) is 17.5 Å². The van der Waals surface area contributed by atoms with Crippen LogP contribution in [0.25, 0.3) is 0 Å². The van der Waals surface area contributed by atoms with Gasteiger partial charge in [-0.3, -0.25) is 0 Å². The molecule has 2 unspecified atom stereocenters. The number of hydrogen-bond donors (Lipinski definition) is 2. The lowest BCUT2D eigenvalue weighted by molar-refractivity contribution is 0.277. The summed E-state index contributed by atoms with van der Waals surface area (Å²) in [5, 5.41) is 13.5. The Morgan fingerprint density at radius 3 is 2.89 bits per heavy atom. The molecule has 2 atom stereocenters. The number of rotatable bonds is 5. The zero-order valence-corrected chi connectivity index (χ0v) is 12.0. The summed E-state index contributed by atoms with van der Waals surface area (Å²) in [5.74, 6) is 1.88. The van der Waals surface area contributed by atoms with Gasteiger partial charge in [0.25, 0.3) is 0 Å². The second-order valence-electron chi connectivity index (χ2n) is 5.51. The van der Waals surface area contributed by atoms with Crippen LogP contribution in [0.5, 0.6) is 11.5 Å². The van der Waals surface area contributed by atoms with Crippen molar-refractivity contribution in [3.05, 3.63) is 23.8 Å². The minimum atomic E-state index is 0.315. The zero-order valence-electron chi connectivity index (χ0n) is 12.0. The molecule has 0 amide bonds. The van der Waals surface area contributed by atoms with Crippen LogP contribution in [-0.4, -0.2) is 18.3 Å². The molecule has 106 valence electrons. The first-order chi connectivity index (χ1) is 9.22. The molecule has 0 aliphatic heterocycles. The van der Waals surface area contributed by atoms with Crippen molar-refractivity contribution in [2.75, 3.05) is 7.11 Å². The number of phenols is 1. The van der Waals surface area contributed by atoms with E-state index in [-0.39, 0.29) is 0 Å². The number of methoxy groups -OCH3 is 1. The number of phenolic OH excluding ortho intramolecular Hbond substituents is 1. The van der Waals surface area contributed by atoms with E-state index < -0.39 is 0 Å². The number of aromatic hydroxyl groups is 1. The van der Waals surface area contributed by atoms with Crippen LogP contribution in [0.4, 0.5) is 0 Å². The van der Waals surface area contributed by atoms with Crippen molar-refractivity contribution >= 4 is 0 Å². The molecule has 3 heteroatoms. The van der Waals surface area contributed by atoms with E-state index in [1.165, 1.54) is 32.1 Å². The molecule has 1 saturated carbocycles. The van der Waals surface area contributed by atoms with Crippen LogP contribution in [0.1, 0.15) is 44.6 Å². The molecule has 3 nitrogen and oxygen atoms in total. The van der Waals surface area contributed by atoms with E-state index in [2.05, 4.69) is 12.2 Å². The maximum absolute atomic E-state index is 9.93. The first-order valence-corrected chi connectivity index (χ1v) is 7.32. The molecule has 0 radical (unpaired) electrons. The number of hydrogen-bond acceptors (Lipinski definition) is 3. The first kappa shape index (κ1) is 14.2. The van der Waals surface area contributed by atoms with Crippen molar-refractivity contribution in [1.29, 1.82) is 0 Å². The zero-order chi connectivity index (χ0) is 13.7. The maximum Gasteiger partial charge on any atom is 0.123 e. The highest BCUT2D eigenvalue weighted by molar-refractivity contribution is 5.39. The maximum atomic E-state index is 9.93. The molecule has 0 bridgehead atoms. The molecule has 0 aromatic heterocycles. The third-order valence-corrected chi connectivity index (χ3v) is 4.23. The standard InChI is InChI=1S/C16H25NO2/c1-3-12-5-4-6-14(9-12)17-11-13-7-8-15(19-2)10-16(13)18/h7-8,10,12,14,17-18H,3-6,9,11H2,1-2H3. The van der Waals surface area contributed by atoms with Gasteiger partial charge in [0.15, 0.2) is 0 Å². The first-order valence-electron chi connectivity index (χ1n) is 7.32. The van der Waals surface area contributed by atoms with E-state index in [0.717, 1.165) is 18.0 Å². The molecule has 1 aliphatic carbocycles. The van der Waals surface area contributed by atoms with Crippen LogP contribution < -0.4 is 10.1 Å². The average Bonchev–Trinajstić information content (AvgIpc) is 2.46. The highest BCUT2D eigenvalue weighted by atomic mass is 16.5. The fraction of sp³-hybridized carbons (Fsp3) is 0.625. The van der Waals surface area contributed by atoms with Crippen molar-refractivity contribution in [1.82, 2.24) is 5.32 Å². The lowest BCUT2D eigenvalue weighted by Gasteiger charge is -2.29. The molecule has 2 N–H and O–H groups in total. The van der Waals surface area contributed by atoms with E-state index in [1.807, 2.05) is 12.1 Å². The summed E-state index contributed by atoms with van der Waals surface area (Å²) in [7, 11) is 1.61. The molecular formula is C16H25NO2. The van der Waals surface area contributed by atoms with Crippen LogP contribution in [0.2, 0.25) is 0 Å². The van der Waals surface area contributed by atoms with Crippen LogP contribution in [0.15, 0.2) is 18.2 Å². The number of benzene rings is 1. The average molecular weight is 263 g/mol. The summed E-state index contributed by atoms with van der Waals surface area (Å²) >= 11 is 0. The lowest BCUT2D eigenvalue weighted by Crippen LogP contribution is -2.33. The molecule has 1 fully saturated rings. The molecule has 1 aromatic rings. The summed E-state index contributed by atoms with van der Waals surface area (Å²) in [6.07, 6.45) is 6.51. The monoisotopic (exact) mass is 263 g/mol. The van der Waals surface area contributed by atoms with Gasteiger partial charge in [-0.2, -0.15) is 0 Å². The van der Waals surface area contributed by atoms with E-state index in [4.69, 9.17) is 4.74 Å². The minimum Gasteiger partial charge on any atom is -0.507 e. The Kier molecular flexibility index (Phi) is 5.08. The smallest absolute Gasteiger partial charge is 0.123 e. The Balaban J connectivity index is 1.88. The highest BCUT2D eigenvalue weighted by Crippen LogP contribution is 2.28. The second kappa shape index (κ2) is 6.80. The van der Waals surface area contributed by atoms with Crippen LogP contribution in [0.3, 0.4) is 0 Å². The molecule has 2 rings (SSSR count). The number of nitrogens with one attached hydrogen (secondary N) is 1. The fourth-order valence-corrected chi connectivity index (χ4v) is 2.92. The predicted octanol–water partition coefficient (Wildman–Crippen LogP) is 3.46. The summed E-state index contributed by atoms with van der Waals surface area (Å²) < 4.78 is 5.09. The van der Waals surface area contributed by atoms with Gasteiger partial charge < -0.3 is 15.2 Å². The van der Waals surface area contributed by atoms with Crippen molar-refractivity contribution in [3.8, 4) is 11.5 Å². The van der Waals surface area contributed by atoms with Gasteiger partial charge in [-0.15, -0.1) is 0 Å². The summed E-state index contributed by atoms with van der Waals surface area (Å²) in [6.45, 7) is 3.01. The van der Waals surface area contributed by atoms with Crippen molar-refractivity contribution in [3.63, 3.8) is 0 Å². The molecular weight excluding hydrogens is 238 g/mol. The van der Waals surface area contributed by atoms with Gasteiger partial charge >= 0.3 is 0 Å². The van der Waals surface area contributed by atoms with Crippen LogP contribution >= 0.6 is 0 Å². The second-order valence-corrected chi connectivity index (χ2v) is 5.51. The van der Waals surface area contributed by atoms with Crippen molar-refractivity contribution in [2.24, 2.45) is 5.92 Å². The Hall–Kier alpha value is -1.22. The molecule has 0 heterocycles. The van der Waals surface area contributed by atoms with E-state index in [1.54, 1.807) is 13.2 Å². The quantitative estimate of drug-likeness (QED) is 0.855.